The van der Waals surface area contributed by atoms with E-state index < -0.39 is 11.2 Å². The molecule has 0 aliphatic carbocycles. The van der Waals surface area contributed by atoms with Crippen LogP contribution in [0.15, 0.2) is 46.6 Å². The Kier molecular flexibility index (Phi) is 7.35. The van der Waals surface area contributed by atoms with Crippen molar-refractivity contribution >= 4 is 40.5 Å². The van der Waals surface area contributed by atoms with Gasteiger partial charge in [0, 0.05) is 18.9 Å². The third-order valence-corrected chi connectivity index (χ3v) is 5.62. The second-order valence-corrected chi connectivity index (χ2v) is 8.06. The van der Waals surface area contributed by atoms with Crippen LogP contribution >= 0.6 is 11.8 Å². The molecule has 0 saturated heterocycles. The summed E-state index contributed by atoms with van der Waals surface area (Å²) in [6.07, 6.45) is 4.76. The summed E-state index contributed by atoms with van der Waals surface area (Å²) >= 11 is 1.17. The fraction of sp³-hybridized carbons (Fsp3) is 0.333. The number of carbonyl (C=O) groups excluding carboxylic acids is 2. The van der Waals surface area contributed by atoms with Crippen LogP contribution < -0.4 is 10.9 Å². The van der Waals surface area contributed by atoms with E-state index in [1.807, 2.05) is 6.92 Å². The van der Waals surface area contributed by atoms with Gasteiger partial charge in [-0.1, -0.05) is 25.1 Å². The van der Waals surface area contributed by atoms with Gasteiger partial charge in [0.05, 0.1) is 28.8 Å². The number of rotatable bonds is 8. The van der Waals surface area contributed by atoms with E-state index in [2.05, 4.69) is 20.3 Å². The number of amides is 1. The number of methoxy groups -OCH3 is 1. The third kappa shape index (κ3) is 5.26. The summed E-state index contributed by atoms with van der Waals surface area (Å²) in [5.74, 6) is -0.614. The van der Waals surface area contributed by atoms with E-state index in [9.17, 15) is 14.4 Å². The van der Waals surface area contributed by atoms with Crippen molar-refractivity contribution in [3.8, 4) is 0 Å². The Bertz CT molecular complexity index is 1150. The van der Waals surface area contributed by atoms with Gasteiger partial charge in [0.2, 0.25) is 11.9 Å². The highest BCUT2D eigenvalue weighted by Crippen LogP contribution is 2.24. The van der Waals surface area contributed by atoms with Crippen molar-refractivity contribution in [2.45, 2.75) is 43.6 Å². The number of thioether (sulfide) groups is 1. The lowest BCUT2D eigenvalue weighted by Crippen LogP contribution is -2.27. The smallest absolute Gasteiger partial charge is 0.337 e. The molecule has 3 rings (SSSR count). The monoisotopic (exact) mass is 441 g/mol. The van der Waals surface area contributed by atoms with E-state index in [-0.39, 0.29) is 17.4 Å². The molecule has 1 amide bonds. The van der Waals surface area contributed by atoms with Gasteiger partial charge in [0.1, 0.15) is 0 Å². The fourth-order valence-electron chi connectivity index (χ4n) is 2.84. The van der Waals surface area contributed by atoms with Crippen LogP contribution in [0.25, 0.3) is 10.9 Å². The molecule has 0 bridgehead atoms. The molecule has 0 fully saturated rings. The number of hydrogen-bond donors (Lipinski definition) is 1. The van der Waals surface area contributed by atoms with E-state index in [0.717, 1.165) is 12.8 Å². The molecular formula is C21H23N5O4S. The summed E-state index contributed by atoms with van der Waals surface area (Å²) in [4.78, 5) is 50.2. The van der Waals surface area contributed by atoms with Crippen molar-refractivity contribution in [3.05, 3.63) is 52.6 Å². The third-order valence-electron chi connectivity index (χ3n) is 4.53. The van der Waals surface area contributed by atoms with Gasteiger partial charge in [-0.2, -0.15) is 0 Å². The highest BCUT2D eigenvalue weighted by molar-refractivity contribution is 8.00. The lowest BCUT2D eigenvalue weighted by molar-refractivity contribution is -0.115. The van der Waals surface area contributed by atoms with Crippen molar-refractivity contribution < 1.29 is 14.3 Å². The molecule has 0 radical (unpaired) electrons. The van der Waals surface area contributed by atoms with Gasteiger partial charge in [0.15, 0.2) is 5.16 Å². The minimum atomic E-state index is -0.565. The highest BCUT2D eigenvalue weighted by Gasteiger charge is 2.20. The molecule has 1 aromatic carbocycles. The molecule has 0 spiro atoms. The SMILES string of the molecule is CCCCn1c(S[C@@H](C)C(=O)Nc2ncccn2)nc2cc(C(=O)OC)ccc2c1=O. The summed E-state index contributed by atoms with van der Waals surface area (Å²) in [5, 5.41) is 2.90. The Morgan fingerprint density at radius 1 is 1.26 bits per heavy atom. The lowest BCUT2D eigenvalue weighted by Gasteiger charge is -2.16. The zero-order valence-electron chi connectivity index (χ0n) is 17.5. The first-order chi connectivity index (χ1) is 14.9. The minimum Gasteiger partial charge on any atom is -0.465 e. The Morgan fingerprint density at radius 3 is 2.68 bits per heavy atom. The Balaban J connectivity index is 1.96. The average Bonchev–Trinajstić information content (AvgIpc) is 2.78. The fourth-order valence-corrected chi connectivity index (χ4v) is 3.77. The van der Waals surface area contributed by atoms with Crippen LogP contribution in [0, 0.1) is 0 Å². The molecule has 162 valence electrons. The van der Waals surface area contributed by atoms with Crippen molar-refractivity contribution in [1.82, 2.24) is 19.5 Å². The van der Waals surface area contributed by atoms with Crippen LogP contribution in [0.4, 0.5) is 5.95 Å². The summed E-state index contributed by atoms with van der Waals surface area (Å²) < 4.78 is 6.34. The number of esters is 1. The summed E-state index contributed by atoms with van der Waals surface area (Å²) in [7, 11) is 1.29. The predicted molar refractivity (Wildman–Crippen MR) is 118 cm³/mol. The molecule has 10 heteroatoms. The topological polar surface area (TPSA) is 116 Å². The van der Waals surface area contributed by atoms with Gasteiger partial charge in [0.25, 0.3) is 5.56 Å². The van der Waals surface area contributed by atoms with Gasteiger partial charge < -0.3 is 4.74 Å². The van der Waals surface area contributed by atoms with Gasteiger partial charge in [-0.25, -0.2) is 19.7 Å². The Hall–Kier alpha value is -3.27. The van der Waals surface area contributed by atoms with Crippen LogP contribution in [-0.2, 0) is 16.1 Å². The van der Waals surface area contributed by atoms with E-state index in [4.69, 9.17) is 4.74 Å². The van der Waals surface area contributed by atoms with Crippen molar-refractivity contribution in [1.29, 1.82) is 0 Å². The van der Waals surface area contributed by atoms with E-state index in [0.29, 0.717) is 28.2 Å². The van der Waals surface area contributed by atoms with Crippen LogP contribution in [0.3, 0.4) is 0 Å². The number of aromatic nitrogens is 4. The lowest BCUT2D eigenvalue weighted by atomic mass is 10.1. The molecular weight excluding hydrogens is 418 g/mol. The summed E-state index contributed by atoms with van der Waals surface area (Å²) in [5.41, 5.74) is 0.467. The average molecular weight is 442 g/mol. The summed E-state index contributed by atoms with van der Waals surface area (Å²) in [6.45, 7) is 4.23. The largest absolute Gasteiger partial charge is 0.465 e. The molecule has 0 aliphatic rings. The van der Waals surface area contributed by atoms with Gasteiger partial charge in [-0.3, -0.25) is 19.5 Å². The van der Waals surface area contributed by atoms with Gasteiger partial charge in [-0.15, -0.1) is 0 Å². The standard InChI is InChI=1S/C21H23N5O4S/c1-4-5-11-26-18(28)15-8-7-14(19(29)30-3)12-16(15)24-21(26)31-13(2)17(27)25-20-22-9-6-10-23-20/h6-10,12-13H,4-5,11H2,1-3H3,(H,22,23,25,27)/t13-/m0/s1. The molecule has 0 saturated carbocycles. The predicted octanol–water partition coefficient (Wildman–Crippen LogP) is 2.89. The number of unbranched alkanes of at least 4 members (excludes halogenated alkanes) is 1. The maximum atomic E-state index is 13.1. The second kappa shape index (κ2) is 10.2. The molecule has 2 heterocycles. The minimum absolute atomic E-state index is 0.206. The second-order valence-electron chi connectivity index (χ2n) is 6.75. The maximum absolute atomic E-state index is 13.1. The van der Waals surface area contributed by atoms with Gasteiger partial charge >= 0.3 is 5.97 Å². The van der Waals surface area contributed by atoms with Crippen LogP contribution in [-0.4, -0.2) is 43.8 Å². The van der Waals surface area contributed by atoms with E-state index in [1.165, 1.54) is 37.3 Å². The van der Waals surface area contributed by atoms with Crippen molar-refractivity contribution in [2.75, 3.05) is 12.4 Å². The number of benzene rings is 1. The van der Waals surface area contributed by atoms with Crippen LogP contribution in [0.1, 0.15) is 37.0 Å². The number of hydrogen-bond acceptors (Lipinski definition) is 8. The van der Waals surface area contributed by atoms with Crippen molar-refractivity contribution in [2.24, 2.45) is 0 Å². The Morgan fingerprint density at radius 2 is 2.00 bits per heavy atom. The molecule has 3 aromatic rings. The zero-order chi connectivity index (χ0) is 22.4. The van der Waals surface area contributed by atoms with Crippen LogP contribution in [0.2, 0.25) is 0 Å². The molecule has 2 aromatic heterocycles. The molecule has 1 N–H and O–H groups in total. The zero-order valence-corrected chi connectivity index (χ0v) is 18.3. The van der Waals surface area contributed by atoms with E-state index in [1.54, 1.807) is 29.7 Å². The molecule has 0 aliphatic heterocycles. The molecule has 31 heavy (non-hydrogen) atoms. The Labute approximate surface area is 183 Å². The number of ether oxygens (including phenoxy) is 1. The van der Waals surface area contributed by atoms with Crippen molar-refractivity contribution in [3.63, 3.8) is 0 Å². The number of carbonyl (C=O) groups is 2. The molecule has 0 unspecified atom stereocenters. The normalized spacial score (nSPS) is 11.8. The number of nitrogens with one attached hydrogen (secondary N) is 1. The molecule has 9 nitrogen and oxygen atoms in total. The van der Waals surface area contributed by atoms with Crippen LogP contribution in [0.5, 0.6) is 0 Å². The first-order valence-electron chi connectivity index (χ1n) is 9.82. The first-order valence-corrected chi connectivity index (χ1v) is 10.7. The highest BCUT2D eigenvalue weighted by atomic mass is 32.2. The maximum Gasteiger partial charge on any atom is 0.337 e. The first kappa shape index (κ1) is 22.4. The number of anilines is 1. The van der Waals surface area contributed by atoms with Gasteiger partial charge in [-0.05, 0) is 37.6 Å². The number of fused-ring (bicyclic) bond motifs is 1. The number of nitrogens with zero attached hydrogens (tertiary/aromatic N) is 4. The summed E-state index contributed by atoms with van der Waals surface area (Å²) in [6, 6.07) is 6.31. The van der Waals surface area contributed by atoms with E-state index >= 15 is 0 Å². The molecule has 1 atom stereocenters. The quantitative estimate of drug-likeness (QED) is 0.322.